The van der Waals surface area contributed by atoms with E-state index in [1.54, 1.807) is 0 Å². The van der Waals surface area contributed by atoms with Crippen LogP contribution in [0.15, 0.2) is 18.2 Å². The number of hydrogen-bond donors (Lipinski definition) is 5. The maximum Gasteiger partial charge on any atom is 0.0877 e. The molecule has 6 N–H and O–H groups in total. The average molecular weight is 237 g/mol. The number of nitrogens with two attached hydrogens (primary N) is 1. The van der Waals surface area contributed by atoms with Crippen LogP contribution in [0.5, 0.6) is 0 Å². The third-order valence-electron chi connectivity index (χ3n) is 3.06. The third kappa shape index (κ3) is 2.88. The molecule has 94 valence electrons. The van der Waals surface area contributed by atoms with E-state index in [-0.39, 0.29) is 18.8 Å². The molecule has 2 atom stereocenters. The van der Waals surface area contributed by atoms with Crippen molar-refractivity contribution in [2.45, 2.75) is 18.6 Å². The van der Waals surface area contributed by atoms with E-state index in [9.17, 15) is 5.11 Å². The number of nitrogen functional groups attached to an aromatic ring is 1. The zero-order chi connectivity index (χ0) is 12.3. The molecule has 1 aliphatic rings. The van der Waals surface area contributed by atoms with Gasteiger partial charge in [-0.15, -0.1) is 0 Å². The van der Waals surface area contributed by atoms with Crippen molar-refractivity contribution in [3.63, 3.8) is 0 Å². The van der Waals surface area contributed by atoms with E-state index in [1.165, 1.54) is 0 Å². The molecular formula is C12H19N3O2. The lowest BCUT2D eigenvalue weighted by atomic mass is 10.1. The van der Waals surface area contributed by atoms with Crippen molar-refractivity contribution >= 4 is 11.4 Å². The molecule has 1 heterocycles. The van der Waals surface area contributed by atoms with Crippen molar-refractivity contribution in [2.75, 3.05) is 30.7 Å². The van der Waals surface area contributed by atoms with E-state index < -0.39 is 0 Å². The minimum absolute atomic E-state index is 0.0283. The minimum Gasteiger partial charge on any atom is -0.399 e. The molecule has 0 aliphatic carbocycles. The number of aliphatic hydroxyl groups excluding tert-OH is 2. The topological polar surface area (TPSA) is 90.5 Å². The summed E-state index contributed by atoms with van der Waals surface area (Å²) in [5.41, 5.74) is 8.35. The summed E-state index contributed by atoms with van der Waals surface area (Å²) >= 11 is 0. The van der Waals surface area contributed by atoms with E-state index in [0.717, 1.165) is 17.8 Å². The van der Waals surface area contributed by atoms with Crippen LogP contribution in [0.2, 0.25) is 0 Å². The van der Waals surface area contributed by atoms with Gasteiger partial charge in [0, 0.05) is 31.1 Å². The second kappa shape index (κ2) is 5.35. The van der Waals surface area contributed by atoms with Gasteiger partial charge in [-0.05, 0) is 30.2 Å². The minimum atomic E-state index is -0.367. The van der Waals surface area contributed by atoms with Gasteiger partial charge in [-0.1, -0.05) is 0 Å². The highest BCUT2D eigenvalue weighted by Crippen LogP contribution is 2.20. The summed E-state index contributed by atoms with van der Waals surface area (Å²) in [5, 5.41) is 25.0. The maximum atomic E-state index is 9.69. The second-order valence-corrected chi connectivity index (χ2v) is 4.36. The first-order chi connectivity index (χ1) is 8.20. The van der Waals surface area contributed by atoms with Gasteiger partial charge in [0.1, 0.15) is 0 Å². The van der Waals surface area contributed by atoms with Crippen molar-refractivity contribution in [1.29, 1.82) is 0 Å². The number of anilines is 2. The molecule has 2 unspecified atom stereocenters. The number of hydrogen-bond acceptors (Lipinski definition) is 5. The van der Waals surface area contributed by atoms with Crippen LogP contribution in [-0.2, 0) is 6.42 Å². The normalized spacial score (nSPS) is 23.9. The zero-order valence-corrected chi connectivity index (χ0v) is 9.69. The highest BCUT2D eigenvalue weighted by molar-refractivity contribution is 5.57. The monoisotopic (exact) mass is 237 g/mol. The standard InChI is InChI=1S/C12H19N3O2/c13-10-2-1-9(5-8(10)3-4-16)15-11-6-14-7-12(11)17/h1-2,5,11-12,14-17H,3-4,6-7,13H2. The van der Waals surface area contributed by atoms with Crippen molar-refractivity contribution in [3.8, 4) is 0 Å². The third-order valence-corrected chi connectivity index (χ3v) is 3.06. The van der Waals surface area contributed by atoms with Crippen LogP contribution in [0.4, 0.5) is 11.4 Å². The number of β-amino-alcohol motifs (C(OH)–C–C–N with tert-alkyl or cyclic N) is 1. The molecule has 2 rings (SSSR count). The average Bonchev–Trinajstić information content (AvgIpc) is 2.70. The van der Waals surface area contributed by atoms with Crippen LogP contribution in [0, 0.1) is 0 Å². The molecule has 17 heavy (non-hydrogen) atoms. The number of rotatable bonds is 4. The van der Waals surface area contributed by atoms with Gasteiger partial charge in [0.25, 0.3) is 0 Å². The van der Waals surface area contributed by atoms with E-state index >= 15 is 0 Å². The Labute approximate surface area is 101 Å². The number of aliphatic hydroxyl groups is 2. The molecule has 1 saturated heterocycles. The molecule has 5 nitrogen and oxygen atoms in total. The lowest BCUT2D eigenvalue weighted by Gasteiger charge is -2.18. The Hall–Kier alpha value is -1.30. The van der Waals surface area contributed by atoms with Gasteiger partial charge >= 0.3 is 0 Å². The smallest absolute Gasteiger partial charge is 0.0877 e. The fourth-order valence-electron chi connectivity index (χ4n) is 2.06. The molecule has 0 bridgehead atoms. The maximum absolute atomic E-state index is 9.69. The molecule has 0 amide bonds. The van der Waals surface area contributed by atoms with E-state index in [1.807, 2.05) is 18.2 Å². The quantitative estimate of drug-likeness (QED) is 0.458. The number of nitrogens with one attached hydrogen (secondary N) is 2. The summed E-state index contributed by atoms with van der Waals surface area (Å²) < 4.78 is 0. The van der Waals surface area contributed by atoms with Crippen molar-refractivity contribution in [2.24, 2.45) is 0 Å². The van der Waals surface area contributed by atoms with Crippen molar-refractivity contribution in [1.82, 2.24) is 5.32 Å². The van der Waals surface area contributed by atoms with Crippen molar-refractivity contribution < 1.29 is 10.2 Å². The number of benzene rings is 1. The van der Waals surface area contributed by atoms with Crippen LogP contribution in [0.25, 0.3) is 0 Å². The molecular weight excluding hydrogens is 218 g/mol. The Balaban J connectivity index is 2.07. The van der Waals surface area contributed by atoms with E-state index in [4.69, 9.17) is 10.8 Å². The molecule has 1 aromatic rings. The van der Waals surface area contributed by atoms with Crippen LogP contribution >= 0.6 is 0 Å². The van der Waals surface area contributed by atoms with Gasteiger partial charge in [-0.3, -0.25) is 0 Å². The fourth-order valence-corrected chi connectivity index (χ4v) is 2.06. The van der Waals surface area contributed by atoms with Crippen LogP contribution in [-0.4, -0.2) is 42.1 Å². The lowest BCUT2D eigenvalue weighted by Crippen LogP contribution is -2.31. The molecule has 0 aromatic heterocycles. The Bertz CT molecular complexity index is 384. The predicted molar refractivity (Wildman–Crippen MR) is 67.9 cm³/mol. The molecule has 1 aliphatic heterocycles. The van der Waals surface area contributed by atoms with Gasteiger partial charge in [0.15, 0.2) is 0 Å². The molecule has 0 spiro atoms. The first-order valence-corrected chi connectivity index (χ1v) is 5.85. The first kappa shape index (κ1) is 12.2. The SMILES string of the molecule is Nc1ccc(NC2CNCC2O)cc1CCO. The second-order valence-electron chi connectivity index (χ2n) is 4.36. The summed E-state index contributed by atoms with van der Waals surface area (Å²) in [7, 11) is 0. The fraction of sp³-hybridized carbons (Fsp3) is 0.500. The Kier molecular flexibility index (Phi) is 3.83. The van der Waals surface area contributed by atoms with Crippen LogP contribution in [0.1, 0.15) is 5.56 Å². The van der Waals surface area contributed by atoms with Crippen molar-refractivity contribution in [3.05, 3.63) is 23.8 Å². The molecule has 0 saturated carbocycles. The summed E-state index contributed by atoms with van der Waals surface area (Å²) in [6.07, 6.45) is 0.182. The summed E-state index contributed by atoms with van der Waals surface area (Å²) in [4.78, 5) is 0. The lowest BCUT2D eigenvalue weighted by molar-refractivity contribution is 0.185. The van der Waals surface area contributed by atoms with E-state index in [2.05, 4.69) is 10.6 Å². The largest absolute Gasteiger partial charge is 0.399 e. The Morgan fingerprint density at radius 3 is 2.88 bits per heavy atom. The molecule has 5 heteroatoms. The van der Waals surface area contributed by atoms with Gasteiger partial charge < -0.3 is 26.6 Å². The van der Waals surface area contributed by atoms with Gasteiger partial charge in [-0.25, -0.2) is 0 Å². The van der Waals surface area contributed by atoms with E-state index in [0.29, 0.717) is 18.7 Å². The molecule has 1 aromatic carbocycles. The summed E-state index contributed by atoms with van der Waals surface area (Å²) in [6.45, 7) is 1.46. The van der Waals surface area contributed by atoms with Gasteiger partial charge in [0.05, 0.1) is 12.1 Å². The Morgan fingerprint density at radius 2 is 2.24 bits per heavy atom. The van der Waals surface area contributed by atoms with Crippen LogP contribution in [0.3, 0.4) is 0 Å². The highest BCUT2D eigenvalue weighted by atomic mass is 16.3. The zero-order valence-electron chi connectivity index (χ0n) is 9.69. The molecule has 0 radical (unpaired) electrons. The summed E-state index contributed by atoms with van der Waals surface area (Å²) in [6, 6.07) is 5.67. The first-order valence-electron chi connectivity index (χ1n) is 5.85. The summed E-state index contributed by atoms with van der Waals surface area (Å²) in [5.74, 6) is 0. The predicted octanol–water partition coefficient (Wildman–Crippen LogP) is -0.452. The Morgan fingerprint density at radius 1 is 1.41 bits per heavy atom. The highest BCUT2D eigenvalue weighted by Gasteiger charge is 2.24. The molecule has 1 fully saturated rings. The van der Waals surface area contributed by atoms with Crippen LogP contribution < -0.4 is 16.4 Å². The van der Waals surface area contributed by atoms with Gasteiger partial charge in [-0.2, -0.15) is 0 Å². The van der Waals surface area contributed by atoms with Gasteiger partial charge in [0.2, 0.25) is 0 Å².